The van der Waals surface area contributed by atoms with Crippen LogP contribution < -0.4 is 0 Å². The van der Waals surface area contributed by atoms with E-state index in [2.05, 4.69) is 46.0 Å². The first-order valence-electron chi connectivity index (χ1n) is 6.96. The zero-order valence-electron chi connectivity index (χ0n) is 12.3. The number of quaternary nitrogens is 1. The van der Waals surface area contributed by atoms with Gasteiger partial charge in [0.2, 0.25) is 0 Å². The van der Waals surface area contributed by atoms with Gasteiger partial charge in [0.05, 0.1) is 19.6 Å². The predicted octanol–water partition coefficient (Wildman–Crippen LogP) is 3.93. The van der Waals surface area contributed by atoms with Crippen molar-refractivity contribution < 1.29 is 4.25 Å². The average molecular weight is 247 g/mol. The summed E-state index contributed by atoms with van der Waals surface area (Å²) in [6.45, 7) is 20.4. The van der Waals surface area contributed by atoms with Gasteiger partial charge in [-0.15, -0.1) is 0 Å². The fourth-order valence-corrected chi connectivity index (χ4v) is 5.05. The van der Waals surface area contributed by atoms with Gasteiger partial charge in [-0.05, 0) is 20.3 Å². The Hall–Kier alpha value is 0.350. The van der Waals surface area contributed by atoms with Gasteiger partial charge in [-0.25, -0.2) is 4.67 Å². The molecule has 0 aromatic carbocycles. The fraction of sp³-hybridized carbons (Fsp3) is 1.00. The summed E-state index contributed by atoms with van der Waals surface area (Å²) in [4.78, 5) is 0. The number of rotatable bonds is 9. The summed E-state index contributed by atoms with van der Waals surface area (Å²) in [5.41, 5.74) is 0. The number of hydrogen-bond acceptors (Lipinski definition) is 1. The Labute approximate surface area is 104 Å². The summed E-state index contributed by atoms with van der Waals surface area (Å²) in [7, 11) is -0.0329. The van der Waals surface area contributed by atoms with Crippen LogP contribution in [0.5, 0.6) is 0 Å². The predicted molar refractivity (Wildman–Crippen MR) is 76.9 cm³/mol. The Morgan fingerprint density at radius 2 is 1.44 bits per heavy atom. The molecule has 0 heterocycles. The molecule has 3 heteroatoms. The third kappa shape index (κ3) is 3.98. The van der Waals surface area contributed by atoms with Crippen LogP contribution in [0.15, 0.2) is 0 Å². The molecule has 0 fully saturated rings. The monoisotopic (exact) mass is 247 g/mol. The van der Waals surface area contributed by atoms with Crippen molar-refractivity contribution in [2.45, 2.75) is 47.5 Å². The molecule has 0 aliphatic heterocycles. The molecule has 1 unspecified atom stereocenters. The van der Waals surface area contributed by atoms with Gasteiger partial charge in [-0.3, -0.25) is 4.25 Å². The van der Waals surface area contributed by atoms with Crippen molar-refractivity contribution in [1.29, 1.82) is 0 Å². The second-order valence-corrected chi connectivity index (χ2v) is 6.83. The second-order valence-electron chi connectivity index (χ2n) is 4.43. The van der Waals surface area contributed by atoms with Crippen molar-refractivity contribution in [1.82, 2.24) is 4.67 Å². The lowest BCUT2D eigenvalue weighted by molar-refractivity contribution is -0.807. The highest BCUT2D eigenvalue weighted by Gasteiger charge is 2.34. The molecule has 98 valence electrons. The fourth-order valence-electron chi connectivity index (χ4n) is 2.45. The molecule has 0 saturated carbocycles. The molecule has 0 radical (unpaired) electrons. The van der Waals surface area contributed by atoms with Gasteiger partial charge in [0, 0.05) is 19.8 Å². The van der Waals surface area contributed by atoms with Crippen molar-refractivity contribution in [2.75, 3.05) is 39.4 Å². The molecule has 0 saturated heterocycles. The molecule has 0 aromatic heterocycles. The molecule has 0 bridgehead atoms. The Kier molecular flexibility index (Phi) is 8.63. The van der Waals surface area contributed by atoms with E-state index in [0.29, 0.717) is 0 Å². The standard InChI is InChI=1S/C13H32N2P/c1-7-12-13-15(10-4,11-5)16(6)14(8-2)9-3/h7-13H2,1-6H3/q+1. The highest BCUT2D eigenvalue weighted by molar-refractivity contribution is 7.48. The van der Waals surface area contributed by atoms with E-state index in [4.69, 9.17) is 0 Å². The minimum atomic E-state index is -0.0329. The first-order chi connectivity index (χ1) is 7.61. The third-order valence-electron chi connectivity index (χ3n) is 3.86. The number of nitrogens with zero attached hydrogens (tertiary/aromatic N) is 2. The molecule has 16 heavy (non-hydrogen) atoms. The number of hydrogen-bond donors (Lipinski definition) is 0. The Morgan fingerprint density at radius 3 is 1.75 bits per heavy atom. The van der Waals surface area contributed by atoms with Gasteiger partial charge in [0.1, 0.15) is 0 Å². The van der Waals surface area contributed by atoms with Crippen molar-refractivity contribution in [3.8, 4) is 0 Å². The van der Waals surface area contributed by atoms with Crippen LogP contribution in [0.2, 0.25) is 0 Å². The van der Waals surface area contributed by atoms with Crippen LogP contribution in [-0.2, 0) is 0 Å². The average Bonchev–Trinajstić information content (AvgIpc) is 2.33. The van der Waals surface area contributed by atoms with Gasteiger partial charge in [-0.2, -0.15) is 0 Å². The van der Waals surface area contributed by atoms with E-state index < -0.39 is 0 Å². The van der Waals surface area contributed by atoms with Crippen molar-refractivity contribution in [2.24, 2.45) is 0 Å². The van der Waals surface area contributed by atoms with E-state index in [0.717, 1.165) is 0 Å². The van der Waals surface area contributed by atoms with Gasteiger partial charge >= 0.3 is 0 Å². The van der Waals surface area contributed by atoms with Crippen LogP contribution in [-0.4, -0.2) is 48.3 Å². The molecule has 2 nitrogen and oxygen atoms in total. The van der Waals surface area contributed by atoms with Crippen LogP contribution in [0.25, 0.3) is 0 Å². The highest BCUT2D eigenvalue weighted by Crippen LogP contribution is 2.47. The Balaban J connectivity index is 4.71. The molecular formula is C13H32N2P+. The first-order valence-corrected chi connectivity index (χ1v) is 8.66. The van der Waals surface area contributed by atoms with E-state index in [1.54, 1.807) is 0 Å². The number of unbranched alkanes of at least 4 members (excludes halogenated alkanes) is 1. The molecule has 0 amide bonds. The van der Waals surface area contributed by atoms with Crippen LogP contribution >= 0.6 is 8.22 Å². The van der Waals surface area contributed by atoms with Gasteiger partial charge in [-0.1, -0.05) is 27.2 Å². The second kappa shape index (κ2) is 8.44. The third-order valence-corrected chi connectivity index (χ3v) is 7.24. The first kappa shape index (κ1) is 16.4. The summed E-state index contributed by atoms with van der Waals surface area (Å²) < 4.78 is 3.99. The zero-order chi connectivity index (χ0) is 12.6. The molecule has 0 aliphatic carbocycles. The Bertz CT molecular complexity index is 165. The maximum Gasteiger partial charge on any atom is 0.181 e. The molecule has 0 aliphatic rings. The Morgan fingerprint density at radius 1 is 0.938 bits per heavy atom. The van der Waals surface area contributed by atoms with E-state index >= 15 is 0 Å². The lowest BCUT2D eigenvalue weighted by atomic mass is 10.3. The lowest BCUT2D eigenvalue weighted by Crippen LogP contribution is -2.47. The highest BCUT2D eigenvalue weighted by atomic mass is 31.1. The largest absolute Gasteiger partial charge is 0.298 e. The molecule has 0 aromatic rings. The summed E-state index contributed by atoms with van der Waals surface area (Å²) in [5.74, 6) is 0. The van der Waals surface area contributed by atoms with E-state index in [1.165, 1.54) is 49.8 Å². The van der Waals surface area contributed by atoms with E-state index in [9.17, 15) is 0 Å². The van der Waals surface area contributed by atoms with E-state index in [1.807, 2.05) is 0 Å². The van der Waals surface area contributed by atoms with Crippen molar-refractivity contribution in [3.05, 3.63) is 0 Å². The van der Waals surface area contributed by atoms with Gasteiger partial charge in [0.15, 0.2) is 8.22 Å². The molecule has 1 atom stereocenters. The molecule has 0 rings (SSSR count). The normalized spacial score (nSPS) is 14.4. The van der Waals surface area contributed by atoms with Crippen LogP contribution in [0.3, 0.4) is 0 Å². The lowest BCUT2D eigenvalue weighted by Gasteiger charge is -2.45. The molecular weight excluding hydrogens is 215 g/mol. The topological polar surface area (TPSA) is 3.24 Å². The SMILES string of the molecule is CCCC[N+](CC)(CC)P(C)N(CC)CC. The summed E-state index contributed by atoms with van der Waals surface area (Å²) in [6, 6.07) is 0. The van der Waals surface area contributed by atoms with Crippen LogP contribution in [0, 0.1) is 0 Å². The van der Waals surface area contributed by atoms with Gasteiger partial charge < -0.3 is 0 Å². The van der Waals surface area contributed by atoms with Crippen LogP contribution in [0.4, 0.5) is 0 Å². The summed E-state index contributed by atoms with van der Waals surface area (Å²) >= 11 is 0. The van der Waals surface area contributed by atoms with Crippen LogP contribution in [0.1, 0.15) is 47.5 Å². The summed E-state index contributed by atoms with van der Waals surface area (Å²) in [5, 5.41) is 0. The van der Waals surface area contributed by atoms with E-state index in [-0.39, 0.29) is 8.22 Å². The van der Waals surface area contributed by atoms with Crippen molar-refractivity contribution >= 4 is 8.22 Å². The minimum absolute atomic E-state index is 0.0329. The molecule has 0 N–H and O–H groups in total. The quantitative estimate of drug-likeness (QED) is 0.558. The minimum Gasteiger partial charge on any atom is -0.298 e. The summed E-state index contributed by atoms with van der Waals surface area (Å²) in [6.07, 6.45) is 2.69. The smallest absolute Gasteiger partial charge is 0.181 e. The van der Waals surface area contributed by atoms with Crippen molar-refractivity contribution in [3.63, 3.8) is 0 Å². The maximum absolute atomic E-state index is 2.66. The maximum atomic E-state index is 2.66. The zero-order valence-corrected chi connectivity index (χ0v) is 13.2. The van der Waals surface area contributed by atoms with Gasteiger partial charge in [0.25, 0.3) is 0 Å². The molecule has 0 spiro atoms.